The van der Waals surface area contributed by atoms with Crippen molar-refractivity contribution < 1.29 is 8.42 Å². The number of nitrogens with one attached hydrogen (secondary N) is 2. The number of rotatable bonds is 7. The van der Waals surface area contributed by atoms with Crippen LogP contribution in [0.1, 0.15) is 44.2 Å². The Morgan fingerprint density at radius 1 is 1.24 bits per heavy atom. The van der Waals surface area contributed by atoms with Crippen LogP contribution in [0.15, 0.2) is 24.3 Å². The second kappa shape index (κ2) is 5.38. The number of benzene rings is 1. The van der Waals surface area contributed by atoms with Crippen LogP contribution in [-0.4, -0.2) is 20.5 Å². The Hall–Kier alpha value is -0.910. The lowest BCUT2D eigenvalue weighted by Crippen LogP contribution is -2.29. The van der Waals surface area contributed by atoms with Crippen molar-refractivity contribution in [2.24, 2.45) is 5.41 Å². The lowest BCUT2D eigenvalue weighted by atomic mass is 10.1. The molecular weight excluding hydrogens is 284 g/mol. The van der Waals surface area contributed by atoms with Gasteiger partial charge < -0.3 is 5.32 Å². The Balaban J connectivity index is 1.59. The molecule has 1 aromatic rings. The van der Waals surface area contributed by atoms with Crippen LogP contribution in [0.2, 0.25) is 0 Å². The van der Waals surface area contributed by atoms with Gasteiger partial charge in [-0.3, -0.25) is 0 Å². The molecule has 116 valence electrons. The van der Waals surface area contributed by atoms with Crippen LogP contribution >= 0.6 is 0 Å². The maximum atomic E-state index is 12.2. The largest absolute Gasteiger partial charge is 0.310 e. The number of hydrogen-bond donors (Lipinski definition) is 2. The first-order valence-electron chi connectivity index (χ1n) is 7.65. The number of sulfonamides is 1. The van der Waals surface area contributed by atoms with Crippen molar-refractivity contribution in [2.45, 2.75) is 57.5 Å². The summed E-state index contributed by atoms with van der Waals surface area (Å²) in [4.78, 5) is 0. The maximum absolute atomic E-state index is 12.2. The highest BCUT2D eigenvalue weighted by molar-refractivity contribution is 7.88. The molecule has 0 bridgehead atoms. The zero-order valence-electron chi connectivity index (χ0n) is 12.7. The van der Waals surface area contributed by atoms with E-state index in [0.29, 0.717) is 6.04 Å². The van der Waals surface area contributed by atoms with Gasteiger partial charge in [0.25, 0.3) is 0 Å². The average Bonchev–Trinajstić information content (AvgIpc) is 3.26. The normalized spacial score (nSPS) is 24.0. The van der Waals surface area contributed by atoms with Gasteiger partial charge >= 0.3 is 0 Å². The summed E-state index contributed by atoms with van der Waals surface area (Å²) in [6.07, 6.45) is 3.45. The van der Waals surface area contributed by atoms with Gasteiger partial charge in [-0.15, -0.1) is 0 Å². The quantitative estimate of drug-likeness (QED) is 0.811. The lowest BCUT2D eigenvalue weighted by Gasteiger charge is -2.10. The molecule has 3 rings (SSSR count). The summed E-state index contributed by atoms with van der Waals surface area (Å²) in [5.74, 6) is 0.0663. The lowest BCUT2D eigenvalue weighted by molar-refractivity contribution is 0.554. The van der Waals surface area contributed by atoms with Gasteiger partial charge in [0.05, 0.1) is 5.75 Å². The highest BCUT2D eigenvalue weighted by Crippen LogP contribution is 2.45. The van der Waals surface area contributed by atoms with E-state index in [1.807, 2.05) is 24.3 Å². The van der Waals surface area contributed by atoms with Crippen LogP contribution in [-0.2, 0) is 22.3 Å². The van der Waals surface area contributed by atoms with Gasteiger partial charge in [-0.1, -0.05) is 38.1 Å². The van der Waals surface area contributed by atoms with Gasteiger partial charge in [-0.25, -0.2) is 13.1 Å². The first-order chi connectivity index (χ1) is 9.84. The molecule has 21 heavy (non-hydrogen) atoms. The molecule has 0 amide bonds. The number of hydrogen-bond acceptors (Lipinski definition) is 3. The first-order valence-corrected chi connectivity index (χ1v) is 9.30. The molecule has 2 N–H and O–H groups in total. The molecule has 0 heterocycles. The summed E-state index contributed by atoms with van der Waals surface area (Å²) < 4.78 is 27.2. The third-order valence-electron chi connectivity index (χ3n) is 4.36. The summed E-state index contributed by atoms with van der Waals surface area (Å²) in [5, 5.41) is 3.45. The highest BCUT2D eigenvalue weighted by Gasteiger charge is 2.47. The molecule has 0 radical (unpaired) electrons. The van der Waals surface area contributed by atoms with Gasteiger partial charge in [-0.05, 0) is 35.8 Å². The average molecular weight is 308 g/mol. The fourth-order valence-electron chi connectivity index (χ4n) is 2.53. The Bertz CT molecular complexity index is 621. The zero-order valence-corrected chi connectivity index (χ0v) is 13.5. The Kier molecular flexibility index (Phi) is 3.84. The Morgan fingerprint density at radius 2 is 1.90 bits per heavy atom. The third kappa shape index (κ3) is 4.28. The van der Waals surface area contributed by atoms with E-state index in [0.717, 1.165) is 24.1 Å². The van der Waals surface area contributed by atoms with E-state index < -0.39 is 10.0 Å². The summed E-state index contributed by atoms with van der Waals surface area (Å²) in [7, 11) is -3.25. The zero-order chi connectivity index (χ0) is 15.1. The molecule has 1 atom stereocenters. The predicted octanol–water partition coefficient (Wildman–Crippen LogP) is 2.16. The minimum Gasteiger partial charge on any atom is -0.310 e. The Morgan fingerprint density at radius 3 is 2.52 bits per heavy atom. The molecule has 4 nitrogen and oxygen atoms in total. The van der Waals surface area contributed by atoms with Crippen LogP contribution in [0.25, 0.3) is 0 Å². The van der Waals surface area contributed by atoms with Crippen molar-refractivity contribution in [3.63, 3.8) is 0 Å². The topological polar surface area (TPSA) is 58.2 Å². The predicted molar refractivity (Wildman–Crippen MR) is 84.2 cm³/mol. The third-order valence-corrected chi connectivity index (χ3v) is 5.71. The van der Waals surface area contributed by atoms with E-state index in [2.05, 4.69) is 23.9 Å². The van der Waals surface area contributed by atoms with Gasteiger partial charge in [0.1, 0.15) is 0 Å². The van der Waals surface area contributed by atoms with Crippen molar-refractivity contribution in [3.05, 3.63) is 35.4 Å². The molecule has 2 fully saturated rings. The van der Waals surface area contributed by atoms with Crippen molar-refractivity contribution in [3.8, 4) is 0 Å². The van der Waals surface area contributed by atoms with Gasteiger partial charge in [0.2, 0.25) is 10.0 Å². The van der Waals surface area contributed by atoms with Crippen LogP contribution < -0.4 is 10.0 Å². The molecule has 0 aromatic heterocycles. The maximum Gasteiger partial charge on any atom is 0.216 e. The van der Waals surface area contributed by atoms with E-state index in [1.165, 1.54) is 12.8 Å². The van der Waals surface area contributed by atoms with Crippen molar-refractivity contribution in [2.75, 3.05) is 0 Å². The minimum absolute atomic E-state index is 0.0663. The summed E-state index contributed by atoms with van der Waals surface area (Å²) in [5.41, 5.74) is 2.13. The van der Waals surface area contributed by atoms with Crippen molar-refractivity contribution >= 4 is 10.0 Å². The standard InChI is InChI=1S/C16H24N2O2S/c1-16(2)9-15(16)18-21(19,20)11-13-5-3-4-12(8-13)10-17-14-6-7-14/h3-5,8,14-15,17-18H,6-7,9-11H2,1-2H3. The molecule has 0 saturated heterocycles. The molecule has 1 aromatic carbocycles. The molecule has 2 aliphatic rings. The van der Waals surface area contributed by atoms with Crippen LogP contribution in [0, 0.1) is 5.41 Å². The van der Waals surface area contributed by atoms with E-state index in [-0.39, 0.29) is 17.2 Å². The second-order valence-electron chi connectivity index (χ2n) is 7.10. The molecule has 2 saturated carbocycles. The molecule has 2 aliphatic carbocycles. The summed E-state index contributed by atoms with van der Waals surface area (Å²) >= 11 is 0. The van der Waals surface area contributed by atoms with Crippen LogP contribution in [0.3, 0.4) is 0 Å². The van der Waals surface area contributed by atoms with Crippen LogP contribution in [0.5, 0.6) is 0 Å². The van der Waals surface area contributed by atoms with Crippen molar-refractivity contribution in [1.29, 1.82) is 0 Å². The SMILES string of the molecule is CC1(C)CC1NS(=O)(=O)Cc1cccc(CNC2CC2)c1. The molecule has 1 unspecified atom stereocenters. The van der Waals surface area contributed by atoms with Crippen LogP contribution in [0.4, 0.5) is 0 Å². The smallest absolute Gasteiger partial charge is 0.216 e. The van der Waals surface area contributed by atoms with E-state index in [4.69, 9.17) is 0 Å². The molecule has 0 spiro atoms. The fourth-order valence-corrected chi connectivity index (χ4v) is 4.06. The van der Waals surface area contributed by atoms with E-state index >= 15 is 0 Å². The minimum atomic E-state index is -3.25. The first kappa shape index (κ1) is 15.0. The van der Waals surface area contributed by atoms with Gasteiger partial charge in [0, 0.05) is 18.6 Å². The van der Waals surface area contributed by atoms with Gasteiger partial charge in [-0.2, -0.15) is 0 Å². The van der Waals surface area contributed by atoms with Gasteiger partial charge in [0.15, 0.2) is 0 Å². The molecule has 5 heteroatoms. The monoisotopic (exact) mass is 308 g/mol. The molecular formula is C16H24N2O2S. The fraction of sp³-hybridized carbons (Fsp3) is 0.625. The van der Waals surface area contributed by atoms with Crippen molar-refractivity contribution in [1.82, 2.24) is 10.0 Å². The molecule has 0 aliphatic heterocycles. The summed E-state index contributed by atoms with van der Waals surface area (Å²) in [6, 6.07) is 8.63. The Labute approximate surface area is 127 Å². The highest BCUT2D eigenvalue weighted by atomic mass is 32.2. The van der Waals surface area contributed by atoms with E-state index in [1.54, 1.807) is 0 Å². The van der Waals surface area contributed by atoms with E-state index in [9.17, 15) is 8.42 Å². The second-order valence-corrected chi connectivity index (χ2v) is 8.85. The summed E-state index contributed by atoms with van der Waals surface area (Å²) in [6.45, 7) is 5.00.